The highest BCUT2D eigenvalue weighted by Gasteiger charge is 2.21. The number of benzene rings is 1. The van der Waals surface area contributed by atoms with Gasteiger partial charge >= 0.3 is 0 Å². The second-order valence-electron chi connectivity index (χ2n) is 6.36. The van der Waals surface area contributed by atoms with Crippen LogP contribution in [0.2, 0.25) is 0 Å². The monoisotopic (exact) mass is 321 g/mol. The van der Waals surface area contributed by atoms with E-state index in [1.807, 2.05) is 13.1 Å². The average molecular weight is 321 g/mol. The highest BCUT2D eigenvalue weighted by Crippen LogP contribution is 2.36. The van der Waals surface area contributed by atoms with Crippen LogP contribution in [-0.2, 0) is 7.05 Å². The maximum Gasteiger partial charge on any atom is 0.229 e. The summed E-state index contributed by atoms with van der Waals surface area (Å²) in [6, 6.07) is 9.35. The van der Waals surface area contributed by atoms with Crippen LogP contribution in [0.15, 0.2) is 40.9 Å². The molecule has 0 fully saturated rings. The highest BCUT2D eigenvalue weighted by molar-refractivity contribution is 6.08. The molecule has 3 heterocycles. The van der Waals surface area contributed by atoms with E-state index in [2.05, 4.69) is 48.7 Å². The molecule has 0 radical (unpaired) electrons. The second kappa shape index (κ2) is 5.13. The van der Waals surface area contributed by atoms with Gasteiger partial charge in [0.05, 0.1) is 5.56 Å². The van der Waals surface area contributed by atoms with Gasteiger partial charge in [-0.15, -0.1) is 0 Å². The Kier molecular flexibility index (Phi) is 3.17. The van der Waals surface area contributed by atoms with Crippen LogP contribution in [0.1, 0.15) is 16.7 Å². The third kappa shape index (κ3) is 2.10. The van der Waals surface area contributed by atoms with E-state index in [4.69, 9.17) is 4.42 Å². The summed E-state index contributed by atoms with van der Waals surface area (Å²) in [5.41, 5.74) is 6.75. The molecule has 0 aliphatic carbocycles. The Morgan fingerprint density at radius 1 is 0.958 bits per heavy atom. The number of aromatic nitrogens is 2. The fraction of sp³-hybridized carbons (Fsp3) is 0.200. The molecule has 0 atom stereocenters. The minimum atomic E-state index is -0.531. The zero-order valence-corrected chi connectivity index (χ0v) is 14.1. The Morgan fingerprint density at radius 3 is 2.50 bits per heavy atom. The molecule has 4 rings (SSSR count). The van der Waals surface area contributed by atoms with E-state index in [0.717, 1.165) is 33.2 Å². The Morgan fingerprint density at radius 2 is 1.71 bits per heavy atom. The third-order valence-electron chi connectivity index (χ3n) is 4.68. The first-order valence-electron chi connectivity index (χ1n) is 7.91. The van der Waals surface area contributed by atoms with E-state index >= 15 is 0 Å². The van der Waals surface area contributed by atoms with Crippen LogP contribution in [0.5, 0.6) is 0 Å². The van der Waals surface area contributed by atoms with E-state index < -0.39 is 5.95 Å². The van der Waals surface area contributed by atoms with Crippen molar-refractivity contribution in [2.75, 3.05) is 0 Å². The van der Waals surface area contributed by atoms with Gasteiger partial charge in [-0.1, -0.05) is 12.1 Å². The van der Waals surface area contributed by atoms with Crippen LogP contribution < -0.4 is 4.57 Å². The first kappa shape index (κ1) is 14.8. The van der Waals surface area contributed by atoms with Gasteiger partial charge in [-0.05, 0) is 44.0 Å². The smallest absolute Gasteiger partial charge is 0.229 e. The third-order valence-corrected chi connectivity index (χ3v) is 4.68. The first-order chi connectivity index (χ1) is 11.5. The van der Waals surface area contributed by atoms with Gasteiger partial charge in [0.2, 0.25) is 17.4 Å². The summed E-state index contributed by atoms with van der Waals surface area (Å²) < 4.78 is 21.5. The molecule has 4 aromatic rings. The summed E-state index contributed by atoms with van der Waals surface area (Å²) >= 11 is 0. The lowest BCUT2D eigenvalue weighted by Crippen LogP contribution is -2.31. The van der Waals surface area contributed by atoms with Crippen molar-refractivity contribution in [1.29, 1.82) is 0 Å². The zero-order valence-electron chi connectivity index (χ0n) is 14.1. The van der Waals surface area contributed by atoms with Crippen molar-refractivity contribution < 1.29 is 13.4 Å². The topological polar surface area (TPSA) is 29.9 Å². The Balaban J connectivity index is 2.13. The van der Waals surface area contributed by atoms with Crippen molar-refractivity contribution in [2.24, 2.45) is 7.05 Å². The van der Waals surface area contributed by atoms with Crippen molar-refractivity contribution in [3.05, 3.63) is 59.2 Å². The molecule has 3 nitrogen and oxygen atoms in total. The average Bonchev–Trinajstić information content (AvgIpc) is 2.88. The minimum absolute atomic E-state index is 0.336. The molecule has 4 heteroatoms. The standard InChI is InChI=1S/C20H18FN2O/c1-11-5-6-14-15-7-8-17(21)22-20(15)24-19(14)18(11)16-9-12(2)13(3)10-23(16)4/h5-10H,1-4H3/q+1. The Hall–Kier alpha value is -2.75. The second-order valence-corrected chi connectivity index (χ2v) is 6.36. The Bertz CT molecular complexity index is 1110. The normalized spacial score (nSPS) is 11.5. The fourth-order valence-corrected chi connectivity index (χ4v) is 3.25. The molecular weight excluding hydrogens is 303 g/mol. The molecule has 0 aliphatic heterocycles. The van der Waals surface area contributed by atoms with Gasteiger partial charge in [-0.2, -0.15) is 9.37 Å². The van der Waals surface area contributed by atoms with Crippen molar-refractivity contribution in [3.8, 4) is 11.3 Å². The number of hydrogen-bond acceptors (Lipinski definition) is 2. The maximum atomic E-state index is 13.5. The molecular formula is C20H18FN2O+. The number of fused-ring (bicyclic) bond motifs is 3. The van der Waals surface area contributed by atoms with Crippen LogP contribution in [0.25, 0.3) is 33.3 Å². The van der Waals surface area contributed by atoms with Crippen molar-refractivity contribution in [2.45, 2.75) is 20.8 Å². The molecule has 3 aromatic heterocycles. The summed E-state index contributed by atoms with van der Waals surface area (Å²) in [7, 11) is 2.03. The number of halogens is 1. The van der Waals surface area contributed by atoms with E-state index in [9.17, 15) is 4.39 Å². The molecule has 0 spiro atoms. The zero-order chi connectivity index (χ0) is 17.0. The summed E-state index contributed by atoms with van der Waals surface area (Å²) in [6.07, 6.45) is 2.11. The molecule has 1 aromatic carbocycles. The van der Waals surface area contributed by atoms with E-state index in [1.54, 1.807) is 6.07 Å². The van der Waals surface area contributed by atoms with Gasteiger partial charge < -0.3 is 4.42 Å². The number of rotatable bonds is 1. The first-order valence-corrected chi connectivity index (χ1v) is 7.91. The van der Waals surface area contributed by atoms with Crippen LogP contribution >= 0.6 is 0 Å². The number of nitrogens with zero attached hydrogens (tertiary/aromatic N) is 2. The van der Waals surface area contributed by atoms with Gasteiger partial charge in [0.1, 0.15) is 7.05 Å². The molecule has 120 valence electrons. The van der Waals surface area contributed by atoms with E-state index in [-0.39, 0.29) is 0 Å². The molecule has 0 saturated heterocycles. The number of furan rings is 1. The van der Waals surface area contributed by atoms with Crippen molar-refractivity contribution in [1.82, 2.24) is 4.98 Å². The maximum absolute atomic E-state index is 13.5. The number of hydrogen-bond donors (Lipinski definition) is 0. The Labute approximate surface area is 139 Å². The van der Waals surface area contributed by atoms with Crippen LogP contribution in [0.4, 0.5) is 4.39 Å². The van der Waals surface area contributed by atoms with Gasteiger partial charge in [0.25, 0.3) is 0 Å². The van der Waals surface area contributed by atoms with E-state index in [1.165, 1.54) is 17.2 Å². The molecule has 0 aliphatic rings. The van der Waals surface area contributed by atoms with Gasteiger partial charge in [-0.3, -0.25) is 0 Å². The summed E-state index contributed by atoms with van der Waals surface area (Å²) in [5.74, 6) is -0.531. The van der Waals surface area contributed by atoms with Crippen LogP contribution in [0, 0.1) is 26.7 Å². The summed E-state index contributed by atoms with van der Waals surface area (Å²) in [5, 5.41) is 1.79. The largest absolute Gasteiger partial charge is 0.437 e. The molecule has 24 heavy (non-hydrogen) atoms. The van der Waals surface area contributed by atoms with Crippen molar-refractivity contribution >= 4 is 22.1 Å². The van der Waals surface area contributed by atoms with Gasteiger partial charge in [-0.25, -0.2) is 4.57 Å². The number of aryl methyl sites for hydroxylation is 4. The lowest BCUT2D eigenvalue weighted by atomic mass is 9.99. The van der Waals surface area contributed by atoms with Crippen molar-refractivity contribution in [3.63, 3.8) is 0 Å². The lowest BCUT2D eigenvalue weighted by molar-refractivity contribution is -0.660. The predicted octanol–water partition coefficient (Wildman–Crippen LogP) is 4.54. The SMILES string of the molecule is Cc1cc(-c2c(C)ccc3c2oc2nc(F)ccc23)[n+](C)cc1C. The summed E-state index contributed by atoms with van der Waals surface area (Å²) in [4.78, 5) is 3.89. The molecule has 0 unspecified atom stereocenters. The molecule has 0 N–H and O–H groups in total. The van der Waals surface area contributed by atoms with E-state index in [0.29, 0.717) is 5.71 Å². The predicted molar refractivity (Wildman–Crippen MR) is 92.3 cm³/mol. The molecule has 0 saturated carbocycles. The molecule has 0 amide bonds. The number of pyridine rings is 2. The highest BCUT2D eigenvalue weighted by atomic mass is 19.1. The van der Waals surface area contributed by atoms with Gasteiger partial charge in [0, 0.05) is 22.4 Å². The molecule has 0 bridgehead atoms. The fourth-order valence-electron chi connectivity index (χ4n) is 3.25. The quantitative estimate of drug-likeness (QED) is 0.381. The summed E-state index contributed by atoms with van der Waals surface area (Å²) in [6.45, 7) is 6.26. The van der Waals surface area contributed by atoms with Crippen LogP contribution in [-0.4, -0.2) is 4.98 Å². The minimum Gasteiger partial charge on any atom is -0.437 e. The van der Waals surface area contributed by atoms with Gasteiger partial charge in [0.15, 0.2) is 11.8 Å². The van der Waals surface area contributed by atoms with Crippen LogP contribution in [0.3, 0.4) is 0 Å². The lowest BCUT2D eigenvalue weighted by Gasteiger charge is -2.07.